The van der Waals surface area contributed by atoms with E-state index in [0.29, 0.717) is 0 Å². The van der Waals surface area contributed by atoms with Crippen LogP contribution in [0.5, 0.6) is 0 Å². The average Bonchev–Trinajstić information content (AvgIpc) is 2.85. The maximum Gasteiger partial charge on any atom is 0.0418 e. The smallest absolute Gasteiger partial charge is 0.0418 e. The van der Waals surface area contributed by atoms with Gasteiger partial charge in [-0.25, -0.2) is 0 Å². The fraction of sp³-hybridized carbons (Fsp3) is 0.379. The molecule has 1 heterocycles. The second kappa shape index (κ2) is 12.7. The standard InChI is InChI=1S/C29H38N4/c1-4-10-26(11-5-1)22-29(23-27-12-6-2-7-13-27)25-32-19-18-30-16-17-31-20-21-33(29)24-28-14-8-3-9-15-28/h1-15,30-32H,16-25H2. The number of rotatable bonds is 6. The summed E-state index contributed by atoms with van der Waals surface area (Å²) in [7, 11) is 0. The third-order valence-corrected chi connectivity index (χ3v) is 6.61. The Kier molecular flexibility index (Phi) is 9.08. The lowest BCUT2D eigenvalue weighted by molar-refractivity contribution is 0.0764. The van der Waals surface area contributed by atoms with Gasteiger partial charge in [-0.15, -0.1) is 0 Å². The summed E-state index contributed by atoms with van der Waals surface area (Å²) in [5.74, 6) is 0. The number of benzene rings is 3. The van der Waals surface area contributed by atoms with Gasteiger partial charge in [-0.05, 0) is 29.5 Å². The molecule has 0 bridgehead atoms. The van der Waals surface area contributed by atoms with Crippen LogP contribution in [0.15, 0.2) is 91.0 Å². The largest absolute Gasteiger partial charge is 0.314 e. The Morgan fingerprint density at radius 1 is 0.545 bits per heavy atom. The number of nitrogens with zero attached hydrogens (tertiary/aromatic N) is 1. The fourth-order valence-electron chi connectivity index (χ4n) is 4.90. The molecule has 174 valence electrons. The van der Waals surface area contributed by atoms with Crippen molar-refractivity contribution >= 4 is 0 Å². The van der Waals surface area contributed by atoms with Crippen LogP contribution in [-0.2, 0) is 19.4 Å². The monoisotopic (exact) mass is 442 g/mol. The van der Waals surface area contributed by atoms with Gasteiger partial charge in [0, 0.05) is 57.9 Å². The third-order valence-electron chi connectivity index (χ3n) is 6.61. The normalized spacial score (nSPS) is 18.2. The number of hydrogen-bond donors (Lipinski definition) is 3. The minimum Gasteiger partial charge on any atom is -0.314 e. The highest BCUT2D eigenvalue weighted by molar-refractivity contribution is 5.25. The zero-order valence-corrected chi connectivity index (χ0v) is 19.7. The molecule has 3 N–H and O–H groups in total. The maximum absolute atomic E-state index is 3.83. The van der Waals surface area contributed by atoms with E-state index >= 15 is 0 Å². The summed E-state index contributed by atoms with van der Waals surface area (Å²) < 4.78 is 0. The van der Waals surface area contributed by atoms with Gasteiger partial charge in [0.15, 0.2) is 0 Å². The minimum atomic E-state index is -0.0422. The molecule has 0 radical (unpaired) electrons. The zero-order valence-electron chi connectivity index (χ0n) is 19.7. The summed E-state index contributed by atoms with van der Waals surface area (Å²) in [6.45, 7) is 7.88. The molecular weight excluding hydrogens is 404 g/mol. The quantitative estimate of drug-likeness (QED) is 0.547. The lowest BCUT2D eigenvalue weighted by Crippen LogP contribution is -2.59. The van der Waals surface area contributed by atoms with Gasteiger partial charge in [0.1, 0.15) is 0 Å². The van der Waals surface area contributed by atoms with Crippen LogP contribution >= 0.6 is 0 Å². The van der Waals surface area contributed by atoms with E-state index in [1.165, 1.54) is 16.7 Å². The van der Waals surface area contributed by atoms with Gasteiger partial charge in [0.05, 0.1) is 0 Å². The van der Waals surface area contributed by atoms with E-state index in [1.54, 1.807) is 0 Å². The molecule has 0 unspecified atom stereocenters. The lowest BCUT2D eigenvalue weighted by Gasteiger charge is -2.45. The Morgan fingerprint density at radius 2 is 1.00 bits per heavy atom. The molecule has 4 rings (SSSR count). The first-order valence-corrected chi connectivity index (χ1v) is 12.3. The summed E-state index contributed by atoms with van der Waals surface area (Å²) in [5.41, 5.74) is 4.12. The molecule has 0 saturated carbocycles. The molecule has 3 aromatic rings. The van der Waals surface area contributed by atoms with Crippen LogP contribution in [0.25, 0.3) is 0 Å². The van der Waals surface area contributed by atoms with Crippen LogP contribution in [0.4, 0.5) is 0 Å². The van der Waals surface area contributed by atoms with E-state index in [0.717, 1.165) is 65.2 Å². The molecular formula is C29H38N4. The van der Waals surface area contributed by atoms with Crippen molar-refractivity contribution in [3.05, 3.63) is 108 Å². The molecule has 4 heteroatoms. The molecule has 0 spiro atoms. The Bertz CT molecular complexity index is 873. The van der Waals surface area contributed by atoms with Crippen molar-refractivity contribution < 1.29 is 0 Å². The van der Waals surface area contributed by atoms with Crippen molar-refractivity contribution in [2.75, 3.05) is 45.8 Å². The van der Waals surface area contributed by atoms with Crippen LogP contribution < -0.4 is 16.0 Å². The topological polar surface area (TPSA) is 39.3 Å². The highest BCUT2D eigenvalue weighted by atomic mass is 15.2. The maximum atomic E-state index is 3.83. The fourth-order valence-corrected chi connectivity index (χ4v) is 4.90. The van der Waals surface area contributed by atoms with Gasteiger partial charge in [-0.2, -0.15) is 0 Å². The Morgan fingerprint density at radius 3 is 1.55 bits per heavy atom. The summed E-state index contributed by atoms with van der Waals surface area (Å²) in [6.07, 6.45) is 2.02. The Balaban J connectivity index is 1.72. The SMILES string of the molecule is c1ccc(CN2CCNCCNCCNCC2(Cc2ccccc2)Cc2ccccc2)cc1. The zero-order chi connectivity index (χ0) is 22.6. The van der Waals surface area contributed by atoms with Crippen molar-refractivity contribution in [3.63, 3.8) is 0 Å². The first-order valence-electron chi connectivity index (χ1n) is 12.3. The summed E-state index contributed by atoms with van der Waals surface area (Å²) >= 11 is 0. The van der Waals surface area contributed by atoms with E-state index in [9.17, 15) is 0 Å². The van der Waals surface area contributed by atoms with Crippen LogP contribution in [0.2, 0.25) is 0 Å². The van der Waals surface area contributed by atoms with Gasteiger partial charge in [0.2, 0.25) is 0 Å². The van der Waals surface area contributed by atoms with Gasteiger partial charge < -0.3 is 16.0 Å². The first kappa shape index (κ1) is 23.7. The van der Waals surface area contributed by atoms with E-state index in [4.69, 9.17) is 0 Å². The molecule has 1 aliphatic heterocycles. The van der Waals surface area contributed by atoms with Crippen LogP contribution in [-0.4, -0.2) is 56.3 Å². The predicted octanol–water partition coefficient (Wildman–Crippen LogP) is 3.50. The summed E-state index contributed by atoms with van der Waals surface area (Å²) in [4.78, 5) is 2.73. The molecule has 4 nitrogen and oxygen atoms in total. The highest BCUT2D eigenvalue weighted by Gasteiger charge is 2.37. The first-order chi connectivity index (χ1) is 16.3. The van der Waals surface area contributed by atoms with E-state index in [1.807, 2.05) is 0 Å². The second-order valence-electron chi connectivity index (χ2n) is 9.13. The van der Waals surface area contributed by atoms with E-state index in [-0.39, 0.29) is 5.54 Å². The van der Waals surface area contributed by atoms with Crippen molar-refractivity contribution in [1.82, 2.24) is 20.9 Å². The number of hydrogen-bond acceptors (Lipinski definition) is 4. The summed E-state index contributed by atoms with van der Waals surface area (Å²) in [5, 5.41) is 11.0. The highest BCUT2D eigenvalue weighted by Crippen LogP contribution is 2.28. The van der Waals surface area contributed by atoms with Gasteiger partial charge in [0.25, 0.3) is 0 Å². The minimum absolute atomic E-state index is 0.0422. The molecule has 1 saturated heterocycles. The molecule has 33 heavy (non-hydrogen) atoms. The molecule has 1 aliphatic rings. The van der Waals surface area contributed by atoms with E-state index < -0.39 is 0 Å². The predicted molar refractivity (Wildman–Crippen MR) is 138 cm³/mol. The Hall–Kier alpha value is -2.50. The molecule has 0 aliphatic carbocycles. The molecule has 1 fully saturated rings. The van der Waals surface area contributed by atoms with Crippen molar-refractivity contribution in [3.8, 4) is 0 Å². The van der Waals surface area contributed by atoms with Crippen molar-refractivity contribution in [2.24, 2.45) is 0 Å². The molecule has 0 amide bonds. The number of nitrogens with one attached hydrogen (secondary N) is 3. The van der Waals surface area contributed by atoms with Gasteiger partial charge >= 0.3 is 0 Å². The molecule has 3 aromatic carbocycles. The average molecular weight is 443 g/mol. The Labute approximate surface area is 199 Å². The van der Waals surface area contributed by atoms with Gasteiger partial charge in [-0.3, -0.25) is 4.90 Å². The van der Waals surface area contributed by atoms with Crippen LogP contribution in [0.3, 0.4) is 0 Å². The second-order valence-corrected chi connectivity index (χ2v) is 9.13. The van der Waals surface area contributed by atoms with Crippen LogP contribution in [0.1, 0.15) is 16.7 Å². The van der Waals surface area contributed by atoms with Crippen molar-refractivity contribution in [2.45, 2.75) is 24.9 Å². The third kappa shape index (κ3) is 7.24. The lowest BCUT2D eigenvalue weighted by atomic mass is 9.82. The van der Waals surface area contributed by atoms with Gasteiger partial charge in [-0.1, -0.05) is 91.0 Å². The van der Waals surface area contributed by atoms with Crippen LogP contribution in [0, 0.1) is 0 Å². The summed E-state index contributed by atoms with van der Waals surface area (Å²) in [6, 6.07) is 33.0. The van der Waals surface area contributed by atoms with Crippen molar-refractivity contribution in [1.29, 1.82) is 0 Å². The molecule has 0 atom stereocenters. The van der Waals surface area contributed by atoms with E-state index in [2.05, 4.69) is 112 Å². The molecule has 0 aromatic heterocycles.